The number of nitrogens with zero attached hydrogens (tertiary/aromatic N) is 2. The lowest BCUT2D eigenvalue weighted by atomic mass is 9.84. The van der Waals surface area contributed by atoms with Crippen molar-refractivity contribution in [2.75, 3.05) is 0 Å². The Morgan fingerprint density at radius 2 is 1.95 bits per heavy atom. The third-order valence-corrected chi connectivity index (χ3v) is 4.26. The van der Waals surface area contributed by atoms with Crippen molar-refractivity contribution in [2.45, 2.75) is 44.6 Å². The van der Waals surface area contributed by atoms with E-state index in [1.54, 1.807) is 0 Å². The van der Waals surface area contributed by atoms with Crippen LogP contribution in [0.4, 0.5) is 0 Å². The summed E-state index contributed by atoms with van der Waals surface area (Å²) in [5.74, 6) is -1.16. The quantitative estimate of drug-likeness (QED) is 0.863. The van der Waals surface area contributed by atoms with Gasteiger partial charge in [-0.05, 0) is 25.7 Å². The number of aromatic nitrogens is 2. The highest BCUT2D eigenvalue weighted by atomic mass is 16.4. The van der Waals surface area contributed by atoms with Gasteiger partial charge in [0.05, 0.1) is 11.6 Å². The molecule has 0 spiro atoms. The van der Waals surface area contributed by atoms with Crippen LogP contribution in [0.5, 0.6) is 0 Å². The topological polar surface area (TPSA) is 92.4 Å². The van der Waals surface area contributed by atoms with E-state index >= 15 is 0 Å². The van der Waals surface area contributed by atoms with E-state index in [0.717, 1.165) is 25.1 Å². The average molecular weight is 264 g/mol. The van der Waals surface area contributed by atoms with E-state index in [4.69, 9.17) is 5.11 Å². The Hall–Kier alpha value is -1.85. The Morgan fingerprint density at radius 1 is 1.21 bits per heavy atom. The molecule has 3 rings (SSSR count). The van der Waals surface area contributed by atoms with Crippen LogP contribution in [0.25, 0.3) is 0 Å². The molecule has 0 radical (unpaired) electrons. The molecule has 1 unspecified atom stereocenters. The van der Waals surface area contributed by atoms with Gasteiger partial charge >= 0.3 is 11.9 Å². The van der Waals surface area contributed by atoms with Crippen molar-refractivity contribution >= 4 is 11.9 Å². The van der Waals surface area contributed by atoms with Crippen molar-refractivity contribution in [1.29, 1.82) is 0 Å². The van der Waals surface area contributed by atoms with Gasteiger partial charge < -0.3 is 14.8 Å². The Labute approximate surface area is 110 Å². The summed E-state index contributed by atoms with van der Waals surface area (Å²) in [7, 11) is 0. The number of fused-ring (bicyclic) bond motifs is 1. The zero-order chi connectivity index (χ0) is 13.6. The molecule has 1 aromatic rings. The molecule has 2 aliphatic rings. The molecule has 1 aromatic heterocycles. The number of imidazole rings is 1. The van der Waals surface area contributed by atoms with Gasteiger partial charge in [0.15, 0.2) is 5.69 Å². The molecular formula is C13H16N2O4. The van der Waals surface area contributed by atoms with E-state index in [-0.39, 0.29) is 5.69 Å². The van der Waals surface area contributed by atoms with Crippen LogP contribution in [0, 0.1) is 5.92 Å². The van der Waals surface area contributed by atoms with Crippen LogP contribution >= 0.6 is 0 Å². The first kappa shape index (κ1) is 12.2. The Bertz CT molecular complexity index is 545. The lowest BCUT2D eigenvalue weighted by molar-refractivity contribution is -0.142. The van der Waals surface area contributed by atoms with Gasteiger partial charge in [-0.15, -0.1) is 0 Å². The fourth-order valence-corrected chi connectivity index (χ4v) is 2.94. The maximum Gasteiger partial charge on any atom is 0.356 e. The zero-order valence-corrected chi connectivity index (χ0v) is 10.5. The third kappa shape index (κ3) is 1.91. The first-order valence-electron chi connectivity index (χ1n) is 6.63. The minimum Gasteiger partial charge on any atom is -0.481 e. The molecule has 1 aliphatic carbocycles. The highest BCUT2D eigenvalue weighted by Crippen LogP contribution is 2.38. The van der Waals surface area contributed by atoms with Gasteiger partial charge in [-0.3, -0.25) is 4.79 Å². The molecule has 1 fully saturated rings. The molecule has 6 heteroatoms. The molecule has 0 bridgehead atoms. The molecule has 1 atom stereocenters. The van der Waals surface area contributed by atoms with Crippen LogP contribution in [0.3, 0.4) is 0 Å². The largest absolute Gasteiger partial charge is 0.481 e. The lowest BCUT2D eigenvalue weighted by Gasteiger charge is -2.29. The van der Waals surface area contributed by atoms with Gasteiger partial charge in [-0.25, -0.2) is 9.78 Å². The first-order chi connectivity index (χ1) is 9.08. The van der Waals surface area contributed by atoms with Crippen LogP contribution in [-0.2, 0) is 17.8 Å². The van der Waals surface area contributed by atoms with Crippen LogP contribution in [0.1, 0.15) is 53.6 Å². The fraction of sp³-hybridized carbons (Fsp3) is 0.615. The van der Waals surface area contributed by atoms with Gasteiger partial charge in [0.2, 0.25) is 0 Å². The van der Waals surface area contributed by atoms with Gasteiger partial charge in [-0.2, -0.15) is 0 Å². The Balaban J connectivity index is 2.02. The number of aromatic carboxylic acids is 1. The first-order valence-corrected chi connectivity index (χ1v) is 6.63. The zero-order valence-electron chi connectivity index (χ0n) is 10.5. The van der Waals surface area contributed by atoms with E-state index in [1.807, 2.05) is 4.57 Å². The summed E-state index contributed by atoms with van der Waals surface area (Å²) in [5, 5.41) is 18.3. The van der Waals surface area contributed by atoms with Crippen molar-refractivity contribution in [1.82, 2.24) is 9.55 Å². The van der Waals surface area contributed by atoms with Crippen molar-refractivity contribution in [2.24, 2.45) is 5.92 Å². The SMILES string of the molecule is O=C(O)c1nc(C2CCC2)n2c1CCC(C(=O)O)C2. The van der Waals surface area contributed by atoms with E-state index in [9.17, 15) is 14.7 Å². The van der Waals surface area contributed by atoms with Gasteiger partial charge in [0, 0.05) is 12.5 Å². The second kappa shape index (κ2) is 4.36. The molecule has 2 N–H and O–H groups in total. The van der Waals surface area contributed by atoms with E-state index < -0.39 is 17.9 Å². The summed E-state index contributed by atoms with van der Waals surface area (Å²) in [5.41, 5.74) is 0.817. The van der Waals surface area contributed by atoms with E-state index in [0.29, 0.717) is 31.0 Å². The maximum atomic E-state index is 11.2. The molecule has 6 nitrogen and oxygen atoms in total. The molecule has 0 amide bonds. The van der Waals surface area contributed by atoms with Crippen molar-refractivity contribution in [3.63, 3.8) is 0 Å². The van der Waals surface area contributed by atoms with Crippen LogP contribution in [-0.4, -0.2) is 31.7 Å². The summed E-state index contributed by atoms with van der Waals surface area (Å²) in [6, 6.07) is 0. The normalized spacial score (nSPS) is 22.6. The van der Waals surface area contributed by atoms with Crippen LogP contribution in [0.15, 0.2) is 0 Å². The molecule has 0 aromatic carbocycles. The average Bonchev–Trinajstić information content (AvgIpc) is 2.66. The molecule has 0 saturated heterocycles. The lowest BCUT2D eigenvalue weighted by Crippen LogP contribution is -2.29. The number of carboxylic acids is 2. The van der Waals surface area contributed by atoms with E-state index in [2.05, 4.69) is 4.98 Å². The van der Waals surface area contributed by atoms with Crippen LogP contribution < -0.4 is 0 Å². The molecule has 1 saturated carbocycles. The fourth-order valence-electron chi connectivity index (χ4n) is 2.94. The molecule has 102 valence electrons. The van der Waals surface area contributed by atoms with E-state index in [1.165, 1.54) is 0 Å². The summed E-state index contributed by atoms with van der Waals surface area (Å²) in [6.45, 7) is 0.358. The number of hydrogen-bond donors (Lipinski definition) is 2. The smallest absolute Gasteiger partial charge is 0.356 e. The molecular weight excluding hydrogens is 248 g/mol. The molecule has 1 aliphatic heterocycles. The van der Waals surface area contributed by atoms with Crippen molar-refractivity contribution in [3.8, 4) is 0 Å². The summed E-state index contributed by atoms with van der Waals surface area (Å²) in [6.07, 6.45) is 4.15. The maximum absolute atomic E-state index is 11.2. The number of hydrogen-bond acceptors (Lipinski definition) is 3. The number of carbonyl (C=O) groups is 2. The second-order valence-electron chi connectivity index (χ2n) is 5.38. The second-order valence-corrected chi connectivity index (χ2v) is 5.38. The van der Waals surface area contributed by atoms with Crippen molar-refractivity contribution in [3.05, 3.63) is 17.2 Å². The molecule has 2 heterocycles. The Morgan fingerprint density at radius 3 is 2.47 bits per heavy atom. The van der Waals surface area contributed by atoms with Gasteiger partial charge in [0.1, 0.15) is 5.82 Å². The summed E-state index contributed by atoms with van der Waals surface area (Å²) < 4.78 is 1.86. The minimum atomic E-state index is -1.01. The highest BCUT2D eigenvalue weighted by molar-refractivity contribution is 5.87. The molecule has 19 heavy (non-hydrogen) atoms. The number of aliphatic carboxylic acids is 1. The summed E-state index contributed by atoms with van der Waals surface area (Å²) in [4.78, 5) is 26.6. The monoisotopic (exact) mass is 264 g/mol. The van der Waals surface area contributed by atoms with Gasteiger partial charge in [0.25, 0.3) is 0 Å². The Kier molecular flexibility index (Phi) is 2.80. The standard InChI is InChI=1S/C13H16N2O4/c16-12(17)8-4-5-9-10(13(18)19)14-11(15(9)6-8)7-2-1-3-7/h7-8H,1-6H2,(H,16,17)(H,18,19). The predicted molar refractivity (Wildman–Crippen MR) is 65.2 cm³/mol. The number of rotatable bonds is 3. The highest BCUT2D eigenvalue weighted by Gasteiger charge is 2.34. The third-order valence-electron chi connectivity index (χ3n) is 4.26. The van der Waals surface area contributed by atoms with Crippen LogP contribution in [0.2, 0.25) is 0 Å². The number of carboxylic acid groups (broad SMARTS) is 2. The predicted octanol–water partition coefficient (Wildman–Crippen LogP) is 1.50. The van der Waals surface area contributed by atoms with Gasteiger partial charge in [-0.1, -0.05) is 6.42 Å². The minimum absolute atomic E-state index is 0.116. The van der Waals surface area contributed by atoms with Crippen molar-refractivity contribution < 1.29 is 19.8 Å². The summed E-state index contributed by atoms with van der Waals surface area (Å²) >= 11 is 0.